The third-order valence-corrected chi connectivity index (χ3v) is 4.10. The quantitative estimate of drug-likeness (QED) is 0.820. The van der Waals surface area contributed by atoms with E-state index in [0.29, 0.717) is 0 Å². The number of methoxy groups -OCH3 is 1. The molecule has 6 nitrogen and oxygen atoms in total. The van der Waals surface area contributed by atoms with Gasteiger partial charge in [-0.1, -0.05) is 12.1 Å². The molecule has 106 valence electrons. The number of carbonyl (C=O) groups is 1. The monoisotopic (exact) mass is 287 g/mol. The van der Waals surface area contributed by atoms with E-state index in [2.05, 4.69) is 4.72 Å². The van der Waals surface area contributed by atoms with Crippen molar-refractivity contribution in [3.63, 3.8) is 0 Å². The zero-order valence-corrected chi connectivity index (χ0v) is 11.8. The van der Waals surface area contributed by atoms with Crippen molar-refractivity contribution in [1.29, 1.82) is 0 Å². The second kappa shape index (κ2) is 5.58. The van der Waals surface area contributed by atoms with Crippen LogP contribution in [-0.4, -0.2) is 32.1 Å². The van der Waals surface area contributed by atoms with Crippen molar-refractivity contribution in [1.82, 2.24) is 4.72 Å². The van der Waals surface area contributed by atoms with Gasteiger partial charge in [-0.2, -0.15) is 0 Å². The molecule has 0 aliphatic heterocycles. The number of sulfonamides is 1. The SMILES string of the molecule is COc1ccccc1S(=O)(=O)NC(C)(C)CC(=O)O. The van der Waals surface area contributed by atoms with Crippen molar-refractivity contribution in [2.45, 2.75) is 30.7 Å². The molecule has 0 aromatic heterocycles. The van der Waals surface area contributed by atoms with Crippen LogP contribution in [0, 0.1) is 0 Å². The molecule has 0 aliphatic rings. The van der Waals surface area contributed by atoms with Gasteiger partial charge in [-0.3, -0.25) is 4.79 Å². The predicted molar refractivity (Wildman–Crippen MR) is 69.6 cm³/mol. The summed E-state index contributed by atoms with van der Waals surface area (Å²) in [6.45, 7) is 3.02. The molecule has 7 heteroatoms. The van der Waals surface area contributed by atoms with Gasteiger partial charge in [0.25, 0.3) is 0 Å². The Morgan fingerprint density at radius 1 is 1.37 bits per heavy atom. The zero-order chi connectivity index (χ0) is 14.7. The van der Waals surface area contributed by atoms with E-state index in [4.69, 9.17) is 9.84 Å². The summed E-state index contributed by atoms with van der Waals surface area (Å²) in [5.41, 5.74) is -1.09. The molecular weight excluding hydrogens is 270 g/mol. The maximum Gasteiger partial charge on any atom is 0.305 e. The molecule has 0 spiro atoms. The van der Waals surface area contributed by atoms with Crippen LogP contribution in [0.4, 0.5) is 0 Å². The van der Waals surface area contributed by atoms with Crippen LogP contribution in [-0.2, 0) is 14.8 Å². The third-order valence-electron chi connectivity index (χ3n) is 2.36. The van der Waals surface area contributed by atoms with Gasteiger partial charge >= 0.3 is 5.97 Å². The fourth-order valence-corrected chi connectivity index (χ4v) is 3.26. The number of rotatable bonds is 6. The smallest absolute Gasteiger partial charge is 0.305 e. The van der Waals surface area contributed by atoms with Gasteiger partial charge in [0, 0.05) is 5.54 Å². The number of carboxylic acids is 1. The van der Waals surface area contributed by atoms with E-state index in [0.717, 1.165) is 0 Å². The number of para-hydroxylation sites is 1. The van der Waals surface area contributed by atoms with Gasteiger partial charge in [-0.25, -0.2) is 13.1 Å². The summed E-state index contributed by atoms with van der Waals surface area (Å²) in [5.74, 6) is -0.867. The summed E-state index contributed by atoms with van der Waals surface area (Å²) in [7, 11) is -2.47. The topological polar surface area (TPSA) is 92.7 Å². The Kier molecular flexibility index (Phi) is 4.54. The number of aliphatic carboxylic acids is 1. The van der Waals surface area contributed by atoms with Crippen LogP contribution in [0.5, 0.6) is 5.75 Å². The minimum absolute atomic E-state index is 0.0176. The number of hydrogen-bond donors (Lipinski definition) is 2. The fraction of sp³-hybridized carbons (Fsp3) is 0.417. The average Bonchev–Trinajstić information content (AvgIpc) is 2.25. The van der Waals surface area contributed by atoms with E-state index in [-0.39, 0.29) is 17.1 Å². The molecule has 0 radical (unpaired) electrons. The molecule has 2 N–H and O–H groups in total. The fourth-order valence-electron chi connectivity index (χ4n) is 1.67. The van der Waals surface area contributed by atoms with Crippen molar-refractivity contribution in [3.8, 4) is 5.75 Å². The number of benzene rings is 1. The van der Waals surface area contributed by atoms with Crippen LogP contribution < -0.4 is 9.46 Å². The van der Waals surface area contributed by atoms with E-state index in [1.807, 2.05) is 0 Å². The first kappa shape index (κ1) is 15.5. The highest BCUT2D eigenvalue weighted by atomic mass is 32.2. The molecular formula is C12H17NO5S. The highest BCUT2D eigenvalue weighted by Crippen LogP contribution is 2.24. The molecule has 0 fully saturated rings. The minimum Gasteiger partial charge on any atom is -0.495 e. The molecule has 19 heavy (non-hydrogen) atoms. The summed E-state index contributed by atoms with van der Waals surface area (Å²) in [6, 6.07) is 6.15. The lowest BCUT2D eigenvalue weighted by molar-refractivity contribution is -0.138. The third kappa shape index (κ3) is 4.22. The van der Waals surface area contributed by atoms with Crippen molar-refractivity contribution < 1.29 is 23.1 Å². The van der Waals surface area contributed by atoms with Crippen molar-refractivity contribution in [2.24, 2.45) is 0 Å². The molecule has 0 amide bonds. The Morgan fingerprint density at radius 3 is 2.47 bits per heavy atom. The summed E-state index contributed by atoms with van der Waals surface area (Å²) < 4.78 is 31.8. The average molecular weight is 287 g/mol. The van der Waals surface area contributed by atoms with Gasteiger partial charge in [-0.05, 0) is 26.0 Å². The predicted octanol–water partition coefficient (Wildman–Crippen LogP) is 1.23. The number of ether oxygens (including phenoxy) is 1. The summed E-state index contributed by atoms with van der Waals surface area (Å²) in [4.78, 5) is 10.7. The summed E-state index contributed by atoms with van der Waals surface area (Å²) in [5, 5.41) is 8.76. The zero-order valence-electron chi connectivity index (χ0n) is 11.0. The van der Waals surface area contributed by atoms with Gasteiger partial charge in [0.2, 0.25) is 10.0 Å². The Morgan fingerprint density at radius 2 is 1.95 bits per heavy atom. The first-order valence-corrected chi connectivity index (χ1v) is 7.05. The largest absolute Gasteiger partial charge is 0.495 e. The Hall–Kier alpha value is -1.60. The first-order chi connectivity index (χ1) is 8.68. The molecule has 1 aromatic rings. The van der Waals surface area contributed by atoms with Crippen molar-refractivity contribution in [2.75, 3.05) is 7.11 Å². The van der Waals surface area contributed by atoms with Gasteiger partial charge in [0.15, 0.2) is 0 Å². The summed E-state index contributed by atoms with van der Waals surface area (Å²) >= 11 is 0. The molecule has 0 heterocycles. The van der Waals surface area contributed by atoms with Gasteiger partial charge in [0.05, 0.1) is 13.5 Å². The van der Waals surface area contributed by atoms with E-state index < -0.39 is 21.5 Å². The van der Waals surface area contributed by atoms with Crippen LogP contribution >= 0.6 is 0 Å². The van der Waals surface area contributed by atoms with E-state index in [1.165, 1.54) is 33.1 Å². The second-order valence-electron chi connectivity index (χ2n) is 4.71. The van der Waals surface area contributed by atoms with Crippen LogP contribution in [0.3, 0.4) is 0 Å². The van der Waals surface area contributed by atoms with E-state index in [9.17, 15) is 13.2 Å². The van der Waals surface area contributed by atoms with Crippen LogP contribution in [0.2, 0.25) is 0 Å². The lowest BCUT2D eigenvalue weighted by Gasteiger charge is -2.24. The van der Waals surface area contributed by atoms with Crippen LogP contribution in [0.25, 0.3) is 0 Å². The number of hydrogen-bond acceptors (Lipinski definition) is 4. The Bertz CT molecular complexity index is 565. The van der Waals surface area contributed by atoms with Crippen LogP contribution in [0.15, 0.2) is 29.2 Å². The molecule has 0 atom stereocenters. The molecule has 0 saturated heterocycles. The van der Waals surface area contributed by atoms with Gasteiger partial charge in [-0.15, -0.1) is 0 Å². The highest BCUT2D eigenvalue weighted by molar-refractivity contribution is 7.89. The summed E-state index contributed by atoms with van der Waals surface area (Å²) in [6.07, 6.45) is -0.318. The molecule has 0 bridgehead atoms. The van der Waals surface area contributed by atoms with E-state index in [1.54, 1.807) is 12.1 Å². The standard InChI is InChI=1S/C12H17NO5S/c1-12(2,8-11(14)15)13-19(16,17)10-7-5-4-6-9(10)18-3/h4-7,13H,8H2,1-3H3,(H,14,15). The van der Waals surface area contributed by atoms with Gasteiger partial charge < -0.3 is 9.84 Å². The normalized spacial score (nSPS) is 12.2. The Balaban J connectivity index is 3.08. The molecule has 0 unspecified atom stereocenters. The Labute approximate surface area is 112 Å². The maximum absolute atomic E-state index is 12.2. The number of nitrogens with one attached hydrogen (secondary N) is 1. The second-order valence-corrected chi connectivity index (χ2v) is 6.36. The molecule has 0 aliphatic carbocycles. The molecule has 0 saturated carbocycles. The van der Waals surface area contributed by atoms with Crippen molar-refractivity contribution >= 4 is 16.0 Å². The number of carboxylic acid groups (broad SMARTS) is 1. The van der Waals surface area contributed by atoms with Gasteiger partial charge in [0.1, 0.15) is 10.6 Å². The first-order valence-electron chi connectivity index (χ1n) is 5.57. The maximum atomic E-state index is 12.2. The van der Waals surface area contributed by atoms with Crippen molar-refractivity contribution in [3.05, 3.63) is 24.3 Å². The highest BCUT2D eigenvalue weighted by Gasteiger charge is 2.30. The molecule has 1 aromatic carbocycles. The van der Waals surface area contributed by atoms with E-state index >= 15 is 0 Å². The lowest BCUT2D eigenvalue weighted by Crippen LogP contribution is -2.44. The minimum atomic E-state index is -3.84. The lowest BCUT2D eigenvalue weighted by atomic mass is 10.0. The molecule has 1 rings (SSSR count). The van der Waals surface area contributed by atoms with Crippen LogP contribution in [0.1, 0.15) is 20.3 Å².